The third kappa shape index (κ3) is 4.51. The highest BCUT2D eigenvalue weighted by Crippen LogP contribution is 2.29. The fourth-order valence-electron chi connectivity index (χ4n) is 2.74. The molecular weight excluding hydrogens is 368 g/mol. The lowest BCUT2D eigenvalue weighted by atomic mass is 9.86. The van der Waals surface area contributed by atoms with Crippen LogP contribution in [-0.2, 0) is 11.3 Å². The van der Waals surface area contributed by atoms with Crippen molar-refractivity contribution in [2.24, 2.45) is 0 Å². The summed E-state index contributed by atoms with van der Waals surface area (Å²) in [5.74, 6) is 0. The van der Waals surface area contributed by atoms with Crippen molar-refractivity contribution in [3.63, 3.8) is 0 Å². The highest BCUT2D eigenvalue weighted by molar-refractivity contribution is 9.10. The van der Waals surface area contributed by atoms with Crippen molar-refractivity contribution in [1.29, 1.82) is 0 Å². The van der Waals surface area contributed by atoms with Gasteiger partial charge in [0.25, 0.3) is 0 Å². The molecule has 0 spiro atoms. The van der Waals surface area contributed by atoms with Gasteiger partial charge >= 0.3 is 6.09 Å². The minimum absolute atomic E-state index is 0.176. The first-order valence-electron chi connectivity index (χ1n) is 8.10. The predicted octanol–water partition coefficient (Wildman–Crippen LogP) is 4.63. The zero-order valence-corrected chi connectivity index (χ0v) is 15.2. The number of nitrogens with one attached hydrogen (secondary N) is 2. The number of hydrogen-bond donors (Lipinski definition) is 2. The number of rotatable bonds is 5. The van der Waals surface area contributed by atoms with E-state index in [9.17, 15) is 4.79 Å². The topological polar surface area (TPSA) is 50.4 Å². The van der Waals surface area contributed by atoms with E-state index in [2.05, 4.69) is 51.7 Å². The van der Waals surface area contributed by atoms with E-state index in [1.165, 1.54) is 5.56 Å². The van der Waals surface area contributed by atoms with E-state index in [-0.39, 0.29) is 12.1 Å². The van der Waals surface area contributed by atoms with Crippen LogP contribution in [0.25, 0.3) is 0 Å². The zero-order valence-electron chi connectivity index (χ0n) is 13.6. The number of hydrogen-bond acceptors (Lipinski definition) is 3. The van der Waals surface area contributed by atoms with Gasteiger partial charge in [0.1, 0.15) is 6.61 Å². The third-order valence-electron chi connectivity index (χ3n) is 4.16. The Labute approximate surface area is 150 Å². The van der Waals surface area contributed by atoms with E-state index < -0.39 is 0 Å². The molecule has 1 aliphatic carbocycles. The Bertz CT molecular complexity index is 700. The van der Waals surface area contributed by atoms with Crippen LogP contribution >= 0.6 is 15.9 Å². The molecule has 0 aromatic heterocycles. The maximum absolute atomic E-state index is 11.8. The summed E-state index contributed by atoms with van der Waals surface area (Å²) in [7, 11) is 0. The van der Waals surface area contributed by atoms with Crippen LogP contribution < -0.4 is 10.6 Å². The van der Waals surface area contributed by atoms with Gasteiger partial charge in [-0.3, -0.25) is 0 Å². The highest BCUT2D eigenvalue weighted by atomic mass is 79.9. The molecule has 0 bridgehead atoms. The number of amides is 1. The minimum atomic E-state index is -0.348. The summed E-state index contributed by atoms with van der Waals surface area (Å²) in [6, 6.07) is 16.5. The highest BCUT2D eigenvalue weighted by Gasteiger charge is 2.30. The van der Waals surface area contributed by atoms with Crippen molar-refractivity contribution < 1.29 is 9.53 Å². The standard InChI is InChI=1S/C19H21BrN2O2/c1-13-7-8-18(17(20)9-13)21-15-10-16(11-15)22-19(23)24-12-14-5-3-2-4-6-14/h2-9,15-16,21H,10-12H2,1H3,(H,22,23). The van der Waals surface area contributed by atoms with Gasteiger partial charge in [-0.1, -0.05) is 36.4 Å². The van der Waals surface area contributed by atoms with Gasteiger partial charge in [0, 0.05) is 22.2 Å². The summed E-state index contributed by atoms with van der Waals surface area (Å²) in [6.45, 7) is 2.37. The summed E-state index contributed by atoms with van der Waals surface area (Å²) in [5.41, 5.74) is 3.31. The van der Waals surface area contributed by atoms with Gasteiger partial charge in [0.15, 0.2) is 0 Å². The molecule has 0 heterocycles. The predicted molar refractivity (Wildman–Crippen MR) is 99.1 cm³/mol. The Kier molecular flexibility index (Phi) is 5.41. The van der Waals surface area contributed by atoms with Gasteiger partial charge < -0.3 is 15.4 Å². The number of halogens is 1. The Morgan fingerprint density at radius 3 is 2.62 bits per heavy atom. The van der Waals surface area contributed by atoms with Crippen LogP contribution in [0.15, 0.2) is 53.0 Å². The number of aryl methyl sites for hydroxylation is 1. The Balaban J connectivity index is 1.38. The van der Waals surface area contributed by atoms with Gasteiger partial charge in [0.05, 0.1) is 0 Å². The molecule has 24 heavy (non-hydrogen) atoms. The maximum Gasteiger partial charge on any atom is 0.407 e. The monoisotopic (exact) mass is 388 g/mol. The van der Waals surface area contributed by atoms with E-state index in [1.54, 1.807) is 0 Å². The molecule has 0 aliphatic heterocycles. The summed E-state index contributed by atoms with van der Waals surface area (Å²) >= 11 is 3.57. The second kappa shape index (κ2) is 7.71. The largest absolute Gasteiger partial charge is 0.445 e. The molecule has 0 atom stereocenters. The molecule has 1 saturated carbocycles. The van der Waals surface area contributed by atoms with Crippen LogP contribution in [0.5, 0.6) is 0 Å². The molecular formula is C19H21BrN2O2. The van der Waals surface area contributed by atoms with Crippen LogP contribution in [0, 0.1) is 6.92 Å². The molecule has 1 aliphatic rings. The lowest BCUT2D eigenvalue weighted by molar-refractivity contribution is 0.129. The van der Waals surface area contributed by atoms with E-state index in [0.29, 0.717) is 12.6 Å². The van der Waals surface area contributed by atoms with Crippen molar-refractivity contribution in [3.8, 4) is 0 Å². The van der Waals surface area contributed by atoms with Crippen LogP contribution in [0.3, 0.4) is 0 Å². The van der Waals surface area contributed by atoms with Crippen LogP contribution in [0.1, 0.15) is 24.0 Å². The second-order valence-electron chi connectivity index (χ2n) is 6.20. The van der Waals surface area contributed by atoms with Crippen molar-refractivity contribution in [1.82, 2.24) is 5.32 Å². The molecule has 2 aromatic carbocycles. The number of carbonyl (C=O) groups excluding carboxylic acids is 1. The fraction of sp³-hybridized carbons (Fsp3) is 0.316. The summed E-state index contributed by atoms with van der Waals surface area (Å²) in [6.07, 6.45) is 1.46. The maximum atomic E-state index is 11.8. The summed E-state index contributed by atoms with van der Waals surface area (Å²) < 4.78 is 6.31. The minimum Gasteiger partial charge on any atom is -0.445 e. The Hall–Kier alpha value is -2.01. The smallest absolute Gasteiger partial charge is 0.407 e. The number of ether oxygens (including phenoxy) is 1. The lowest BCUT2D eigenvalue weighted by Gasteiger charge is -2.36. The fourth-order valence-corrected chi connectivity index (χ4v) is 3.35. The molecule has 2 N–H and O–H groups in total. The van der Waals surface area contributed by atoms with Crippen molar-refractivity contribution >= 4 is 27.7 Å². The number of benzene rings is 2. The molecule has 1 amide bonds. The molecule has 4 nitrogen and oxygen atoms in total. The van der Waals surface area contributed by atoms with Gasteiger partial charge in [-0.25, -0.2) is 4.79 Å². The summed E-state index contributed by atoms with van der Waals surface area (Å²) in [4.78, 5) is 11.8. The lowest BCUT2D eigenvalue weighted by Crippen LogP contribution is -2.49. The molecule has 126 valence electrons. The average Bonchev–Trinajstić information content (AvgIpc) is 2.54. The van der Waals surface area contributed by atoms with Gasteiger partial charge in [-0.05, 0) is 59.0 Å². The van der Waals surface area contributed by atoms with Gasteiger partial charge in [0.2, 0.25) is 0 Å². The van der Waals surface area contributed by atoms with Crippen molar-refractivity contribution in [2.75, 3.05) is 5.32 Å². The first-order chi connectivity index (χ1) is 11.6. The van der Waals surface area contributed by atoms with E-state index in [4.69, 9.17) is 4.74 Å². The van der Waals surface area contributed by atoms with E-state index in [1.807, 2.05) is 30.3 Å². The Morgan fingerprint density at radius 2 is 1.92 bits per heavy atom. The third-order valence-corrected chi connectivity index (χ3v) is 4.81. The molecule has 3 rings (SSSR count). The van der Waals surface area contributed by atoms with Gasteiger partial charge in [-0.2, -0.15) is 0 Å². The van der Waals surface area contributed by atoms with Crippen LogP contribution in [0.2, 0.25) is 0 Å². The second-order valence-corrected chi connectivity index (χ2v) is 7.05. The molecule has 2 aromatic rings. The SMILES string of the molecule is Cc1ccc(NC2CC(NC(=O)OCc3ccccc3)C2)c(Br)c1. The van der Waals surface area contributed by atoms with Crippen LogP contribution in [-0.4, -0.2) is 18.2 Å². The van der Waals surface area contributed by atoms with E-state index in [0.717, 1.165) is 28.6 Å². The zero-order chi connectivity index (χ0) is 16.9. The Morgan fingerprint density at radius 1 is 1.17 bits per heavy atom. The first-order valence-corrected chi connectivity index (χ1v) is 8.89. The first kappa shape index (κ1) is 16.8. The molecule has 5 heteroatoms. The van der Waals surface area contributed by atoms with Crippen molar-refractivity contribution in [2.45, 2.75) is 38.5 Å². The molecule has 1 fully saturated rings. The number of alkyl carbamates (subject to hydrolysis) is 1. The average molecular weight is 389 g/mol. The number of anilines is 1. The summed E-state index contributed by atoms with van der Waals surface area (Å²) in [5, 5.41) is 6.41. The normalized spacial score (nSPS) is 19.2. The van der Waals surface area contributed by atoms with Crippen molar-refractivity contribution in [3.05, 3.63) is 64.1 Å². The van der Waals surface area contributed by atoms with Crippen LogP contribution in [0.4, 0.5) is 10.5 Å². The quantitative estimate of drug-likeness (QED) is 0.784. The number of carbonyl (C=O) groups is 1. The van der Waals surface area contributed by atoms with Gasteiger partial charge in [-0.15, -0.1) is 0 Å². The molecule has 0 saturated heterocycles. The molecule has 0 unspecified atom stereocenters. The molecule has 0 radical (unpaired) electrons. The van der Waals surface area contributed by atoms with E-state index >= 15 is 0 Å².